The summed E-state index contributed by atoms with van der Waals surface area (Å²) < 4.78 is 16.0. The molecule has 0 radical (unpaired) electrons. The molecule has 5 heteroatoms. The summed E-state index contributed by atoms with van der Waals surface area (Å²) in [6.45, 7) is 1.00. The van der Waals surface area contributed by atoms with Crippen molar-refractivity contribution in [3.8, 4) is 17.2 Å². The van der Waals surface area contributed by atoms with Crippen LogP contribution < -0.4 is 14.2 Å². The Bertz CT molecular complexity index is 598. The molecule has 1 aliphatic rings. The second kappa shape index (κ2) is 4.97. The van der Waals surface area contributed by atoms with Crippen LogP contribution in [0.3, 0.4) is 0 Å². The van der Waals surface area contributed by atoms with Gasteiger partial charge in [-0.15, -0.1) is 0 Å². The topological polar surface area (TPSA) is 57.7 Å². The van der Waals surface area contributed by atoms with Crippen LogP contribution in [0.4, 0.5) is 0 Å². The number of nitrogens with zero attached hydrogens (tertiary/aromatic N) is 1. The molecule has 0 unspecified atom stereocenters. The molecule has 1 aliphatic heterocycles. The first kappa shape index (κ1) is 11.5. The molecule has 1 aromatic carbocycles. The lowest BCUT2D eigenvalue weighted by Gasteiger charge is -2.18. The van der Waals surface area contributed by atoms with Crippen LogP contribution >= 0.6 is 0 Å². The van der Waals surface area contributed by atoms with Crippen LogP contribution in [0.5, 0.6) is 17.2 Å². The van der Waals surface area contributed by atoms with E-state index in [1.807, 2.05) is 0 Å². The number of carbonyl (C=O) groups excluding carboxylic acids is 1. The van der Waals surface area contributed by atoms with Gasteiger partial charge >= 0.3 is 5.97 Å². The van der Waals surface area contributed by atoms with E-state index >= 15 is 0 Å². The maximum atomic E-state index is 12.0. The number of fused-ring (bicyclic) bond motifs is 1. The highest BCUT2D eigenvalue weighted by atomic mass is 16.6. The Kier molecular flexibility index (Phi) is 3.02. The van der Waals surface area contributed by atoms with Gasteiger partial charge in [-0.3, -0.25) is 4.98 Å². The number of pyridine rings is 1. The first-order valence-corrected chi connectivity index (χ1v) is 5.85. The minimum Gasteiger partial charge on any atom is -0.486 e. The fourth-order valence-corrected chi connectivity index (χ4v) is 1.74. The molecule has 0 aliphatic carbocycles. The van der Waals surface area contributed by atoms with Crippen LogP contribution in [0.2, 0.25) is 0 Å². The molecule has 3 rings (SSSR count). The molecule has 1 aromatic heterocycles. The third-order valence-corrected chi connectivity index (χ3v) is 2.62. The number of ether oxygens (including phenoxy) is 3. The van der Waals surface area contributed by atoms with Crippen molar-refractivity contribution < 1.29 is 19.0 Å². The molecule has 19 heavy (non-hydrogen) atoms. The van der Waals surface area contributed by atoms with E-state index in [1.165, 1.54) is 6.20 Å². The van der Waals surface area contributed by atoms with Gasteiger partial charge in [-0.25, -0.2) is 4.79 Å². The first-order valence-electron chi connectivity index (χ1n) is 5.85. The Morgan fingerprint density at radius 1 is 1.16 bits per heavy atom. The van der Waals surface area contributed by atoms with Crippen molar-refractivity contribution in [1.82, 2.24) is 4.98 Å². The van der Waals surface area contributed by atoms with Crippen LogP contribution in [0, 0.1) is 0 Å². The van der Waals surface area contributed by atoms with Crippen molar-refractivity contribution in [3.05, 3.63) is 48.3 Å². The summed E-state index contributed by atoms with van der Waals surface area (Å²) in [5.74, 6) is 1.16. The highest BCUT2D eigenvalue weighted by molar-refractivity contribution is 5.91. The average Bonchev–Trinajstić information content (AvgIpc) is 2.48. The number of esters is 1. The van der Waals surface area contributed by atoms with Crippen LogP contribution in [-0.2, 0) is 0 Å². The van der Waals surface area contributed by atoms with E-state index in [1.54, 1.807) is 36.5 Å². The van der Waals surface area contributed by atoms with Gasteiger partial charge in [0.2, 0.25) is 0 Å². The molecule has 5 nitrogen and oxygen atoms in total. The molecule has 0 saturated heterocycles. The fraction of sp³-hybridized carbons (Fsp3) is 0.143. The zero-order chi connectivity index (χ0) is 13.1. The molecular formula is C14H11NO4. The monoisotopic (exact) mass is 257 g/mol. The highest BCUT2D eigenvalue weighted by Gasteiger charge is 2.16. The smallest absolute Gasteiger partial charge is 0.343 e. The fourth-order valence-electron chi connectivity index (χ4n) is 1.74. The molecule has 0 saturated carbocycles. The molecule has 0 bridgehead atoms. The third-order valence-electron chi connectivity index (χ3n) is 2.62. The number of rotatable bonds is 2. The summed E-state index contributed by atoms with van der Waals surface area (Å²) in [6.07, 6.45) is 3.09. The van der Waals surface area contributed by atoms with Crippen LogP contribution in [0.1, 0.15) is 10.4 Å². The zero-order valence-corrected chi connectivity index (χ0v) is 10.0. The van der Waals surface area contributed by atoms with E-state index < -0.39 is 5.97 Å². The van der Waals surface area contributed by atoms with E-state index in [9.17, 15) is 4.79 Å². The lowest BCUT2D eigenvalue weighted by atomic mass is 10.2. The normalized spacial score (nSPS) is 12.8. The maximum absolute atomic E-state index is 12.0. The average molecular weight is 257 g/mol. The van der Waals surface area contributed by atoms with Crippen molar-refractivity contribution in [1.29, 1.82) is 0 Å². The van der Waals surface area contributed by atoms with Gasteiger partial charge in [-0.1, -0.05) is 0 Å². The van der Waals surface area contributed by atoms with E-state index in [2.05, 4.69) is 4.98 Å². The minimum absolute atomic E-state index is 0.405. The lowest BCUT2D eigenvalue weighted by Crippen LogP contribution is -2.16. The molecular weight excluding hydrogens is 246 g/mol. The Morgan fingerprint density at radius 3 is 2.79 bits per heavy atom. The van der Waals surface area contributed by atoms with Gasteiger partial charge in [0.1, 0.15) is 19.0 Å². The summed E-state index contributed by atoms with van der Waals surface area (Å²) in [5, 5.41) is 0. The number of carbonyl (C=O) groups is 1. The second-order valence-corrected chi connectivity index (χ2v) is 3.94. The summed E-state index contributed by atoms with van der Waals surface area (Å²) in [7, 11) is 0. The van der Waals surface area contributed by atoms with E-state index in [-0.39, 0.29) is 0 Å². The molecule has 0 amide bonds. The number of benzene rings is 1. The van der Waals surface area contributed by atoms with E-state index in [0.717, 1.165) is 0 Å². The van der Waals surface area contributed by atoms with Gasteiger partial charge < -0.3 is 14.2 Å². The Morgan fingerprint density at radius 2 is 2.00 bits per heavy atom. The largest absolute Gasteiger partial charge is 0.486 e. The van der Waals surface area contributed by atoms with Gasteiger partial charge in [0.25, 0.3) is 0 Å². The van der Waals surface area contributed by atoms with E-state index in [0.29, 0.717) is 36.0 Å². The number of aromatic nitrogens is 1. The van der Waals surface area contributed by atoms with Crippen molar-refractivity contribution >= 4 is 5.97 Å². The van der Waals surface area contributed by atoms with Crippen molar-refractivity contribution in [2.24, 2.45) is 0 Å². The minimum atomic E-state index is -0.454. The quantitative estimate of drug-likeness (QED) is 0.771. The predicted molar refractivity (Wildman–Crippen MR) is 66.6 cm³/mol. The predicted octanol–water partition coefficient (Wildman–Crippen LogP) is 2.07. The Labute approximate surface area is 109 Å². The molecule has 0 spiro atoms. The highest BCUT2D eigenvalue weighted by Crippen LogP contribution is 2.31. The maximum Gasteiger partial charge on any atom is 0.343 e. The van der Waals surface area contributed by atoms with Gasteiger partial charge in [-0.05, 0) is 30.3 Å². The van der Waals surface area contributed by atoms with Crippen molar-refractivity contribution in [3.63, 3.8) is 0 Å². The molecule has 2 heterocycles. The molecule has 96 valence electrons. The molecule has 0 N–H and O–H groups in total. The van der Waals surface area contributed by atoms with Crippen LogP contribution in [0.15, 0.2) is 42.7 Å². The lowest BCUT2D eigenvalue weighted by molar-refractivity contribution is 0.0733. The Hall–Kier alpha value is -2.56. The summed E-state index contributed by atoms with van der Waals surface area (Å²) >= 11 is 0. The van der Waals surface area contributed by atoms with Crippen molar-refractivity contribution in [2.45, 2.75) is 0 Å². The van der Waals surface area contributed by atoms with Gasteiger partial charge in [0, 0.05) is 6.20 Å². The SMILES string of the molecule is O=C(Oc1cccnc1)c1ccc2c(c1)OCCO2. The van der Waals surface area contributed by atoms with Crippen LogP contribution in [-0.4, -0.2) is 24.2 Å². The molecule has 0 atom stereocenters. The van der Waals surface area contributed by atoms with Gasteiger partial charge in [-0.2, -0.15) is 0 Å². The molecule has 2 aromatic rings. The number of hydrogen-bond donors (Lipinski definition) is 0. The standard InChI is InChI=1S/C14H11NO4/c16-14(19-11-2-1-5-15-9-11)10-3-4-12-13(8-10)18-7-6-17-12/h1-5,8-9H,6-7H2. The zero-order valence-electron chi connectivity index (χ0n) is 10.0. The molecule has 0 fully saturated rings. The van der Waals surface area contributed by atoms with Gasteiger partial charge in [0.15, 0.2) is 11.5 Å². The van der Waals surface area contributed by atoms with Crippen molar-refractivity contribution in [2.75, 3.05) is 13.2 Å². The third kappa shape index (κ3) is 2.49. The summed E-state index contributed by atoms with van der Waals surface area (Å²) in [4.78, 5) is 15.8. The second-order valence-electron chi connectivity index (χ2n) is 3.94. The first-order chi connectivity index (χ1) is 9.33. The van der Waals surface area contributed by atoms with Gasteiger partial charge in [0.05, 0.1) is 11.8 Å². The summed E-state index contributed by atoms with van der Waals surface area (Å²) in [6, 6.07) is 8.34. The van der Waals surface area contributed by atoms with Crippen LogP contribution in [0.25, 0.3) is 0 Å². The summed E-state index contributed by atoms with van der Waals surface area (Å²) in [5.41, 5.74) is 0.410. The van der Waals surface area contributed by atoms with E-state index in [4.69, 9.17) is 14.2 Å². The number of hydrogen-bond acceptors (Lipinski definition) is 5. The Balaban J connectivity index is 1.80.